The van der Waals surface area contributed by atoms with Gasteiger partial charge in [0.2, 0.25) is 5.76 Å². The zero-order chi connectivity index (χ0) is 24.7. The van der Waals surface area contributed by atoms with E-state index in [0.29, 0.717) is 50.5 Å². The number of benzene rings is 3. The van der Waals surface area contributed by atoms with Gasteiger partial charge in [0.25, 0.3) is 0 Å². The maximum atomic E-state index is 12.8. The molecule has 0 aliphatic rings. The van der Waals surface area contributed by atoms with Crippen LogP contribution in [0.5, 0.6) is 17.2 Å². The van der Waals surface area contributed by atoms with E-state index in [1.165, 1.54) is 7.11 Å². The van der Waals surface area contributed by atoms with Gasteiger partial charge in [-0.25, -0.2) is 9.59 Å². The largest absolute Gasteiger partial charge is 0.493 e. The molecule has 0 radical (unpaired) electrons. The van der Waals surface area contributed by atoms with E-state index in [1.54, 1.807) is 55.6 Å². The van der Waals surface area contributed by atoms with Crippen LogP contribution >= 0.6 is 15.9 Å². The summed E-state index contributed by atoms with van der Waals surface area (Å²) >= 11 is 3.40. The van der Waals surface area contributed by atoms with Gasteiger partial charge in [-0.05, 0) is 72.6 Å². The first-order valence-corrected chi connectivity index (χ1v) is 11.4. The summed E-state index contributed by atoms with van der Waals surface area (Å²) in [5, 5.41) is 1.41. The molecular weight excluding hydrogens is 516 g/mol. The van der Waals surface area contributed by atoms with Crippen molar-refractivity contribution >= 4 is 43.8 Å². The summed E-state index contributed by atoms with van der Waals surface area (Å²) in [7, 11) is 3.07. The van der Waals surface area contributed by atoms with E-state index in [9.17, 15) is 9.59 Å². The lowest BCUT2D eigenvalue weighted by atomic mass is 9.99. The first-order chi connectivity index (χ1) is 16.9. The first-order valence-electron chi connectivity index (χ1n) is 10.6. The number of esters is 1. The van der Waals surface area contributed by atoms with E-state index in [0.717, 1.165) is 9.86 Å². The van der Waals surface area contributed by atoms with Crippen molar-refractivity contribution in [2.45, 2.75) is 6.92 Å². The van der Waals surface area contributed by atoms with Crippen molar-refractivity contribution in [2.24, 2.45) is 0 Å². The van der Waals surface area contributed by atoms with E-state index in [4.69, 9.17) is 23.0 Å². The zero-order valence-electron chi connectivity index (χ0n) is 19.0. The molecule has 7 nitrogen and oxygen atoms in total. The average Bonchev–Trinajstić information content (AvgIpc) is 3.28. The Labute approximate surface area is 207 Å². The zero-order valence-corrected chi connectivity index (χ0v) is 20.6. The standard InChI is InChI=1S/C27H19BrO7/c1-14-19-13-18(33-26(29)24-12-16-10-17(28)5-8-20(16)34-24)6-9-21(19)35-27(30)25(14)15-4-7-22(31-2)23(11-15)32-3/h4-13H,1-3H3. The molecule has 2 aromatic heterocycles. The number of ether oxygens (including phenoxy) is 3. The third-order valence-corrected chi connectivity index (χ3v) is 6.19. The third kappa shape index (κ3) is 4.17. The fourth-order valence-electron chi connectivity index (χ4n) is 3.99. The minimum atomic E-state index is -0.633. The quantitative estimate of drug-likeness (QED) is 0.144. The number of hydrogen-bond donors (Lipinski definition) is 0. The second kappa shape index (κ2) is 8.96. The van der Waals surface area contributed by atoms with E-state index < -0.39 is 11.6 Å². The minimum absolute atomic E-state index is 0.0838. The number of carbonyl (C=O) groups excluding carboxylic acids is 1. The van der Waals surface area contributed by atoms with Gasteiger partial charge in [0.15, 0.2) is 11.5 Å². The van der Waals surface area contributed by atoms with E-state index >= 15 is 0 Å². The molecule has 0 saturated carbocycles. The molecule has 3 aromatic carbocycles. The van der Waals surface area contributed by atoms with Crippen LogP contribution in [0.1, 0.15) is 16.1 Å². The minimum Gasteiger partial charge on any atom is -0.493 e. The molecule has 0 atom stereocenters. The Morgan fingerprint density at radius 1 is 0.857 bits per heavy atom. The Hall–Kier alpha value is -4.04. The summed E-state index contributed by atoms with van der Waals surface area (Å²) in [6, 6.07) is 17.1. The average molecular weight is 535 g/mol. The highest BCUT2D eigenvalue weighted by Gasteiger charge is 2.19. The van der Waals surface area contributed by atoms with E-state index in [2.05, 4.69) is 15.9 Å². The fourth-order valence-corrected chi connectivity index (χ4v) is 4.37. The molecule has 0 unspecified atom stereocenters. The van der Waals surface area contributed by atoms with Crippen LogP contribution in [0, 0.1) is 6.92 Å². The van der Waals surface area contributed by atoms with Crippen molar-refractivity contribution in [3.63, 3.8) is 0 Å². The molecule has 0 fully saturated rings. The van der Waals surface area contributed by atoms with Gasteiger partial charge >= 0.3 is 11.6 Å². The maximum Gasteiger partial charge on any atom is 0.379 e. The molecule has 176 valence electrons. The van der Waals surface area contributed by atoms with Gasteiger partial charge in [0.1, 0.15) is 16.9 Å². The topological polar surface area (TPSA) is 88.1 Å². The lowest BCUT2D eigenvalue weighted by Gasteiger charge is -2.12. The number of furan rings is 1. The molecule has 0 bridgehead atoms. The van der Waals surface area contributed by atoms with Crippen LogP contribution in [0.4, 0.5) is 0 Å². The second-order valence-electron chi connectivity index (χ2n) is 7.80. The summed E-state index contributed by atoms with van der Waals surface area (Å²) < 4.78 is 28.3. The number of rotatable bonds is 5. The molecule has 0 saturated heterocycles. The van der Waals surface area contributed by atoms with Crippen LogP contribution in [0.25, 0.3) is 33.1 Å². The predicted octanol–water partition coefficient (Wildman–Crippen LogP) is 6.51. The Balaban J connectivity index is 1.53. The van der Waals surface area contributed by atoms with Crippen LogP contribution in [0.2, 0.25) is 0 Å². The number of halogens is 1. The lowest BCUT2D eigenvalue weighted by molar-refractivity contribution is 0.0704. The Morgan fingerprint density at radius 3 is 2.40 bits per heavy atom. The number of carbonyl (C=O) groups is 1. The van der Waals surface area contributed by atoms with Crippen LogP contribution in [-0.2, 0) is 0 Å². The summed E-state index contributed by atoms with van der Waals surface area (Å²) in [4.78, 5) is 25.6. The van der Waals surface area contributed by atoms with Crippen molar-refractivity contribution in [3.05, 3.63) is 86.9 Å². The highest BCUT2D eigenvalue weighted by atomic mass is 79.9. The lowest BCUT2D eigenvalue weighted by Crippen LogP contribution is -2.08. The Kier molecular flexibility index (Phi) is 5.82. The fraction of sp³-hybridized carbons (Fsp3) is 0.111. The van der Waals surface area contributed by atoms with Crippen LogP contribution in [-0.4, -0.2) is 20.2 Å². The molecule has 5 aromatic rings. The molecule has 8 heteroatoms. The summed E-state index contributed by atoms with van der Waals surface area (Å²) in [5.41, 5.74) is 2.15. The Bertz CT molecular complexity index is 1660. The number of fused-ring (bicyclic) bond motifs is 2. The summed E-state index contributed by atoms with van der Waals surface area (Å²) in [6.45, 7) is 1.81. The molecule has 0 aliphatic heterocycles. The smallest absolute Gasteiger partial charge is 0.379 e. The molecule has 0 N–H and O–H groups in total. The van der Waals surface area contributed by atoms with Crippen molar-refractivity contribution in [2.75, 3.05) is 14.2 Å². The highest BCUT2D eigenvalue weighted by Crippen LogP contribution is 2.35. The third-order valence-electron chi connectivity index (χ3n) is 5.70. The van der Waals surface area contributed by atoms with Crippen LogP contribution in [0.3, 0.4) is 0 Å². The molecule has 0 spiro atoms. The molecule has 2 heterocycles. The van der Waals surface area contributed by atoms with Gasteiger partial charge in [0, 0.05) is 15.2 Å². The van der Waals surface area contributed by atoms with Crippen molar-refractivity contribution in [1.29, 1.82) is 0 Å². The van der Waals surface area contributed by atoms with Gasteiger partial charge in [0.05, 0.1) is 19.8 Å². The second-order valence-corrected chi connectivity index (χ2v) is 8.72. The van der Waals surface area contributed by atoms with Gasteiger partial charge in [-0.1, -0.05) is 22.0 Å². The first kappa shape index (κ1) is 22.7. The van der Waals surface area contributed by atoms with Gasteiger partial charge in [-0.3, -0.25) is 0 Å². The predicted molar refractivity (Wildman–Crippen MR) is 135 cm³/mol. The van der Waals surface area contributed by atoms with Crippen LogP contribution in [0.15, 0.2) is 78.8 Å². The van der Waals surface area contributed by atoms with Crippen molar-refractivity contribution < 1.29 is 27.8 Å². The Morgan fingerprint density at radius 2 is 1.63 bits per heavy atom. The van der Waals surface area contributed by atoms with Crippen molar-refractivity contribution in [1.82, 2.24) is 0 Å². The van der Waals surface area contributed by atoms with Crippen LogP contribution < -0.4 is 19.8 Å². The van der Waals surface area contributed by atoms with Gasteiger partial charge in [-0.2, -0.15) is 0 Å². The van der Waals surface area contributed by atoms with E-state index in [1.807, 2.05) is 19.1 Å². The highest BCUT2D eigenvalue weighted by molar-refractivity contribution is 9.10. The number of aryl methyl sites for hydroxylation is 1. The molecular formula is C27H19BrO7. The monoisotopic (exact) mass is 534 g/mol. The molecule has 5 rings (SSSR count). The number of hydrogen-bond acceptors (Lipinski definition) is 7. The SMILES string of the molecule is COc1ccc(-c2c(C)c3cc(OC(=O)c4cc5cc(Br)ccc5o4)ccc3oc2=O)cc1OC. The normalized spacial score (nSPS) is 11.1. The summed E-state index contributed by atoms with van der Waals surface area (Å²) in [6.07, 6.45) is 0. The van der Waals surface area contributed by atoms with Gasteiger partial charge < -0.3 is 23.0 Å². The summed E-state index contributed by atoms with van der Waals surface area (Å²) in [5.74, 6) is 0.780. The van der Waals surface area contributed by atoms with Gasteiger partial charge in [-0.15, -0.1) is 0 Å². The van der Waals surface area contributed by atoms with E-state index in [-0.39, 0.29) is 5.76 Å². The number of methoxy groups -OCH3 is 2. The molecule has 0 amide bonds. The van der Waals surface area contributed by atoms with Crippen molar-refractivity contribution in [3.8, 4) is 28.4 Å². The molecule has 35 heavy (non-hydrogen) atoms. The molecule has 0 aliphatic carbocycles. The maximum absolute atomic E-state index is 12.8.